The van der Waals surface area contributed by atoms with Crippen LogP contribution in [0, 0.1) is 24.1 Å². The molecule has 0 radical (unpaired) electrons. The molecule has 1 unspecified atom stereocenters. The van der Waals surface area contributed by atoms with Gasteiger partial charge in [0.1, 0.15) is 11.6 Å². The van der Waals surface area contributed by atoms with Crippen molar-refractivity contribution >= 4 is 23.3 Å². The summed E-state index contributed by atoms with van der Waals surface area (Å²) in [5.41, 5.74) is -3.51. The minimum absolute atomic E-state index is 0.0165. The van der Waals surface area contributed by atoms with Gasteiger partial charge in [0.05, 0.1) is 35.0 Å². The standard InChI is InChI=1S/C34H36F7N3O3/c1-19-10-24(35)6-7-25(19)26-15-29(44-9-8-20(14-30(46)47)31(2,3)18-44)43-16-27(26)42-17-28(45)32(4,5)21-11-22(33(36,37)38)13-23(12-21)34(39,40)41/h6-7,10-13,15-16,20,42H,8-9,14,17-18H2,1-5H3,(H,46,47). The number of nitrogens with one attached hydrogen (secondary N) is 1. The third kappa shape index (κ3) is 8.05. The molecule has 1 aromatic heterocycles. The van der Waals surface area contributed by atoms with Gasteiger partial charge in [-0.2, -0.15) is 26.3 Å². The Labute approximate surface area is 268 Å². The zero-order valence-electron chi connectivity index (χ0n) is 26.5. The maximum atomic E-state index is 14.0. The van der Waals surface area contributed by atoms with Crippen LogP contribution < -0.4 is 10.2 Å². The number of halogens is 7. The van der Waals surface area contributed by atoms with E-state index in [-0.39, 0.29) is 23.8 Å². The Morgan fingerprint density at radius 3 is 2.09 bits per heavy atom. The fraction of sp³-hybridized carbons (Fsp3) is 0.441. The zero-order valence-corrected chi connectivity index (χ0v) is 26.5. The quantitative estimate of drug-likeness (QED) is 0.223. The first-order chi connectivity index (χ1) is 21.6. The van der Waals surface area contributed by atoms with Gasteiger partial charge in [0.2, 0.25) is 0 Å². The van der Waals surface area contributed by atoms with Crippen LogP contribution in [0.3, 0.4) is 0 Å². The number of carbonyl (C=O) groups is 2. The van der Waals surface area contributed by atoms with Crippen molar-refractivity contribution < 1.29 is 45.4 Å². The number of Topliss-reactive ketones (excluding diaryl/α,β-unsaturated/α-hetero) is 1. The lowest BCUT2D eigenvalue weighted by atomic mass is 9.72. The van der Waals surface area contributed by atoms with E-state index in [1.54, 1.807) is 19.1 Å². The number of rotatable bonds is 9. The van der Waals surface area contributed by atoms with E-state index < -0.39 is 58.6 Å². The summed E-state index contributed by atoms with van der Waals surface area (Å²) in [5.74, 6) is -1.50. The maximum absolute atomic E-state index is 14.0. The molecule has 2 N–H and O–H groups in total. The Morgan fingerprint density at radius 1 is 0.957 bits per heavy atom. The first kappa shape index (κ1) is 35.7. The van der Waals surface area contributed by atoms with Crippen molar-refractivity contribution in [3.63, 3.8) is 0 Å². The van der Waals surface area contributed by atoms with Crippen molar-refractivity contribution in [1.82, 2.24) is 4.98 Å². The Morgan fingerprint density at radius 2 is 1.55 bits per heavy atom. The molecule has 1 saturated heterocycles. The molecule has 6 nitrogen and oxygen atoms in total. The third-order valence-corrected chi connectivity index (χ3v) is 9.01. The molecule has 0 spiro atoms. The first-order valence-electron chi connectivity index (χ1n) is 14.9. The summed E-state index contributed by atoms with van der Waals surface area (Å²) in [5, 5.41) is 12.3. The predicted molar refractivity (Wildman–Crippen MR) is 164 cm³/mol. The summed E-state index contributed by atoms with van der Waals surface area (Å²) < 4.78 is 95.1. The number of ketones is 1. The van der Waals surface area contributed by atoms with E-state index in [1.165, 1.54) is 32.2 Å². The summed E-state index contributed by atoms with van der Waals surface area (Å²) in [4.78, 5) is 31.4. The topological polar surface area (TPSA) is 82.5 Å². The van der Waals surface area contributed by atoms with E-state index in [0.717, 1.165) is 0 Å². The van der Waals surface area contributed by atoms with E-state index in [1.807, 2.05) is 18.7 Å². The maximum Gasteiger partial charge on any atom is 0.416 e. The highest BCUT2D eigenvalue weighted by Crippen LogP contribution is 2.42. The Balaban J connectivity index is 1.67. The van der Waals surface area contributed by atoms with Crippen molar-refractivity contribution in [2.75, 3.05) is 29.9 Å². The van der Waals surface area contributed by atoms with Crippen molar-refractivity contribution in [2.45, 2.75) is 65.2 Å². The molecule has 0 bridgehead atoms. The van der Waals surface area contributed by atoms with Gasteiger partial charge in [-0.3, -0.25) is 9.59 Å². The zero-order chi connectivity index (χ0) is 35.1. The predicted octanol–water partition coefficient (Wildman–Crippen LogP) is 8.52. The molecular formula is C34H36F7N3O3. The van der Waals surface area contributed by atoms with Crippen LogP contribution in [0.5, 0.6) is 0 Å². The molecule has 0 saturated carbocycles. The number of anilines is 2. The van der Waals surface area contributed by atoms with Gasteiger partial charge in [-0.25, -0.2) is 9.37 Å². The highest BCUT2D eigenvalue weighted by atomic mass is 19.4. The van der Waals surface area contributed by atoms with Crippen LogP contribution in [0.1, 0.15) is 62.8 Å². The summed E-state index contributed by atoms with van der Waals surface area (Å²) >= 11 is 0. The Bertz CT molecular complexity index is 1630. The smallest absolute Gasteiger partial charge is 0.416 e. The van der Waals surface area contributed by atoms with Gasteiger partial charge in [0, 0.05) is 25.1 Å². The van der Waals surface area contributed by atoms with Crippen molar-refractivity contribution in [1.29, 1.82) is 0 Å². The largest absolute Gasteiger partial charge is 0.481 e. The summed E-state index contributed by atoms with van der Waals surface area (Å²) in [7, 11) is 0. The number of hydrogen-bond acceptors (Lipinski definition) is 5. The van der Waals surface area contributed by atoms with Gasteiger partial charge in [-0.15, -0.1) is 0 Å². The summed E-state index contributed by atoms with van der Waals surface area (Å²) in [6.07, 6.45) is -8.01. The monoisotopic (exact) mass is 667 g/mol. The molecule has 1 atom stereocenters. The third-order valence-electron chi connectivity index (χ3n) is 9.01. The number of hydrogen-bond donors (Lipinski definition) is 2. The number of alkyl halides is 6. The lowest BCUT2D eigenvalue weighted by Crippen LogP contribution is -2.46. The van der Waals surface area contributed by atoms with Gasteiger partial charge < -0.3 is 15.3 Å². The number of nitrogens with zero attached hydrogens (tertiary/aromatic N) is 2. The molecular weight excluding hydrogens is 631 g/mol. The number of piperidine rings is 1. The second-order valence-corrected chi connectivity index (χ2v) is 13.2. The molecule has 3 aromatic rings. The minimum Gasteiger partial charge on any atom is -0.481 e. The molecule has 0 aliphatic carbocycles. The van der Waals surface area contributed by atoms with Gasteiger partial charge in [-0.05, 0) is 91.6 Å². The van der Waals surface area contributed by atoms with E-state index in [2.05, 4.69) is 10.3 Å². The number of aromatic nitrogens is 1. The fourth-order valence-corrected chi connectivity index (χ4v) is 5.97. The molecule has 1 fully saturated rings. The van der Waals surface area contributed by atoms with Crippen molar-refractivity contribution in [2.24, 2.45) is 11.3 Å². The molecule has 2 aromatic carbocycles. The van der Waals surface area contributed by atoms with Gasteiger partial charge in [-0.1, -0.05) is 19.9 Å². The van der Waals surface area contributed by atoms with Crippen LogP contribution >= 0.6 is 0 Å². The summed E-state index contributed by atoms with van der Waals surface area (Å²) in [6.45, 7) is 8.77. The highest BCUT2D eigenvalue weighted by Gasteiger charge is 2.40. The fourth-order valence-electron chi connectivity index (χ4n) is 5.97. The number of aliphatic carboxylic acids is 1. The second-order valence-electron chi connectivity index (χ2n) is 13.2. The average Bonchev–Trinajstić information content (AvgIpc) is 2.95. The van der Waals surface area contributed by atoms with E-state index in [4.69, 9.17) is 0 Å². The van der Waals surface area contributed by atoms with E-state index in [0.29, 0.717) is 59.8 Å². The lowest BCUT2D eigenvalue weighted by molar-refractivity contribution is -0.143. The van der Waals surface area contributed by atoms with Crippen LogP contribution in [0.4, 0.5) is 42.2 Å². The molecule has 13 heteroatoms. The molecule has 0 amide bonds. The number of benzene rings is 2. The van der Waals surface area contributed by atoms with Crippen LogP contribution in [-0.2, 0) is 27.4 Å². The number of carbonyl (C=O) groups excluding carboxylic acids is 1. The first-order valence-corrected chi connectivity index (χ1v) is 14.9. The molecule has 47 heavy (non-hydrogen) atoms. The van der Waals surface area contributed by atoms with Gasteiger partial charge in [0.25, 0.3) is 0 Å². The van der Waals surface area contributed by atoms with E-state index >= 15 is 0 Å². The van der Waals surface area contributed by atoms with Gasteiger partial charge >= 0.3 is 18.3 Å². The molecule has 1 aliphatic rings. The summed E-state index contributed by atoms with van der Waals surface area (Å²) in [6, 6.07) is 7.05. The molecule has 254 valence electrons. The number of carboxylic acid groups (broad SMARTS) is 1. The minimum atomic E-state index is -5.07. The van der Waals surface area contributed by atoms with Crippen LogP contribution in [-0.4, -0.2) is 41.5 Å². The second kappa shape index (κ2) is 12.8. The Hall–Kier alpha value is -4.16. The number of aryl methyl sites for hydroxylation is 1. The van der Waals surface area contributed by atoms with Gasteiger partial charge in [0.15, 0.2) is 5.78 Å². The van der Waals surface area contributed by atoms with Crippen LogP contribution in [0.25, 0.3) is 11.1 Å². The Kier molecular flexibility index (Phi) is 9.72. The SMILES string of the molecule is Cc1cc(F)ccc1-c1cc(N2CCC(CC(=O)O)C(C)(C)C2)ncc1NCC(=O)C(C)(C)c1cc(C(F)(F)F)cc(C(F)(F)F)c1. The number of pyridine rings is 1. The normalized spacial score (nSPS) is 17.0. The molecule has 1 aliphatic heterocycles. The van der Waals surface area contributed by atoms with Crippen LogP contribution in [0.2, 0.25) is 0 Å². The van der Waals surface area contributed by atoms with E-state index in [9.17, 15) is 45.4 Å². The number of carboxylic acids is 1. The molecule has 4 rings (SSSR count). The molecule has 2 heterocycles. The highest BCUT2D eigenvalue weighted by molar-refractivity contribution is 5.94. The van der Waals surface area contributed by atoms with Crippen molar-refractivity contribution in [3.8, 4) is 11.1 Å². The van der Waals surface area contributed by atoms with Crippen LogP contribution in [0.15, 0.2) is 48.7 Å². The lowest BCUT2D eigenvalue weighted by Gasteiger charge is -2.44. The van der Waals surface area contributed by atoms with Crippen molar-refractivity contribution in [3.05, 3.63) is 76.7 Å². The average molecular weight is 668 g/mol.